The van der Waals surface area contributed by atoms with E-state index in [2.05, 4.69) is 9.97 Å². The lowest BCUT2D eigenvalue weighted by Crippen LogP contribution is -2.49. The first-order valence-corrected chi connectivity index (χ1v) is 8.12. The highest BCUT2D eigenvalue weighted by Gasteiger charge is 2.24. The van der Waals surface area contributed by atoms with E-state index in [1.807, 2.05) is 48.2 Å². The minimum atomic E-state index is -0.314. The minimum Gasteiger partial charge on any atom is -0.445 e. The molecule has 0 aliphatic carbocycles. The van der Waals surface area contributed by atoms with Gasteiger partial charge >= 0.3 is 6.09 Å². The molecule has 2 heterocycles. The Morgan fingerprint density at radius 2 is 1.92 bits per heavy atom. The van der Waals surface area contributed by atoms with Gasteiger partial charge in [0, 0.05) is 31.9 Å². The average molecular weight is 337 g/mol. The summed E-state index contributed by atoms with van der Waals surface area (Å²) in [5.74, 6) is 0.536. The Balaban J connectivity index is 1.54. The van der Waals surface area contributed by atoms with Crippen molar-refractivity contribution in [3.8, 4) is 6.07 Å². The molecule has 0 N–H and O–H groups in total. The molecule has 1 aromatic carbocycles. The van der Waals surface area contributed by atoms with Crippen molar-refractivity contribution >= 4 is 12.0 Å². The van der Waals surface area contributed by atoms with Crippen molar-refractivity contribution in [2.45, 2.75) is 13.5 Å². The van der Waals surface area contributed by atoms with Crippen LogP contribution in [0.5, 0.6) is 0 Å². The summed E-state index contributed by atoms with van der Waals surface area (Å²) < 4.78 is 5.36. The van der Waals surface area contributed by atoms with Crippen LogP contribution in [0.4, 0.5) is 10.7 Å². The number of benzene rings is 1. The zero-order valence-corrected chi connectivity index (χ0v) is 14.1. The molecule has 0 bridgehead atoms. The highest BCUT2D eigenvalue weighted by atomic mass is 16.6. The van der Waals surface area contributed by atoms with Gasteiger partial charge in [0.05, 0.1) is 0 Å². The number of ether oxygens (including phenoxy) is 1. The van der Waals surface area contributed by atoms with Gasteiger partial charge in [-0.3, -0.25) is 0 Å². The van der Waals surface area contributed by atoms with Crippen LogP contribution in [0.25, 0.3) is 0 Å². The van der Waals surface area contributed by atoms with Crippen molar-refractivity contribution in [2.75, 3.05) is 31.1 Å². The monoisotopic (exact) mass is 337 g/mol. The van der Waals surface area contributed by atoms with E-state index < -0.39 is 0 Å². The molecule has 128 valence electrons. The Bertz CT molecular complexity index is 780. The molecule has 1 aliphatic heterocycles. The largest absolute Gasteiger partial charge is 0.445 e. The molecule has 7 heteroatoms. The van der Waals surface area contributed by atoms with Gasteiger partial charge in [-0.05, 0) is 18.6 Å². The number of amides is 1. The van der Waals surface area contributed by atoms with Gasteiger partial charge in [0.15, 0.2) is 0 Å². The van der Waals surface area contributed by atoms with Gasteiger partial charge in [0.2, 0.25) is 5.95 Å². The first-order valence-electron chi connectivity index (χ1n) is 8.12. The minimum absolute atomic E-state index is 0.270. The third kappa shape index (κ3) is 4.23. The van der Waals surface area contributed by atoms with Gasteiger partial charge in [-0.25, -0.2) is 14.8 Å². The second kappa shape index (κ2) is 7.62. The van der Waals surface area contributed by atoms with Crippen LogP contribution in [-0.2, 0) is 11.3 Å². The molecule has 1 aliphatic rings. The smallest absolute Gasteiger partial charge is 0.410 e. The number of nitriles is 1. The Kier molecular flexibility index (Phi) is 5.09. The molecule has 25 heavy (non-hydrogen) atoms. The van der Waals surface area contributed by atoms with E-state index in [0.717, 1.165) is 11.3 Å². The summed E-state index contributed by atoms with van der Waals surface area (Å²) in [6.45, 7) is 4.39. The lowest BCUT2D eigenvalue weighted by molar-refractivity contribution is 0.0940. The number of carbonyl (C=O) groups excluding carboxylic acids is 1. The molecule has 1 aromatic heterocycles. The molecule has 1 fully saturated rings. The number of piperazine rings is 1. The second-order valence-electron chi connectivity index (χ2n) is 5.82. The molecule has 2 aromatic rings. The van der Waals surface area contributed by atoms with Crippen molar-refractivity contribution in [1.29, 1.82) is 5.26 Å². The number of hydrogen-bond donors (Lipinski definition) is 0. The van der Waals surface area contributed by atoms with Crippen molar-refractivity contribution in [2.24, 2.45) is 0 Å². The molecule has 0 saturated carbocycles. The standard InChI is InChI=1S/C18H19N5O2/c1-14-11-16(12-19)21-17(20-14)22-7-9-23(10-8-22)18(24)25-13-15-5-3-2-4-6-15/h2-6,11H,7-10,13H2,1H3. The Morgan fingerprint density at radius 1 is 1.20 bits per heavy atom. The SMILES string of the molecule is Cc1cc(C#N)nc(N2CCN(C(=O)OCc3ccccc3)CC2)n1. The maximum atomic E-state index is 12.2. The number of aryl methyl sites for hydroxylation is 1. The van der Waals surface area contributed by atoms with Crippen LogP contribution in [0.15, 0.2) is 36.4 Å². The summed E-state index contributed by atoms with van der Waals surface area (Å²) in [6, 6.07) is 13.3. The third-order valence-electron chi connectivity index (χ3n) is 3.98. The second-order valence-corrected chi connectivity index (χ2v) is 5.82. The molecular formula is C18H19N5O2. The quantitative estimate of drug-likeness (QED) is 0.853. The Hall–Kier alpha value is -3.14. The van der Waals surface area contributed by atoms with Gasteiger partial charge in [-0.2, -0.15) is 5.26 Å². The maximum Gasteiger partial charge on any atom is 0.410 e. The van der Waals surface area contributed by atoms with Crippen LogP contribution in [0.2, 0.25) is 0 Å². The first kappa shape index (κ1) is 16.7. The lowest BCUT2D eigenvalue weighted by Gasteiger charge is -2.34. The normalized spacial score (nSPS) is 14.1. The summed E-state index contributed by atoms with van der Waals surface area (Å²) >= 11 is 0. The van der Waals surface area contributed by atoms with Gasteiger partial charge in [0.25, 0.3) is 0 Å². The number of carbonyl (C=O) groups is 1. The van der Waals surface area contributed by atoms with Crippen molar-refractivity contribution in [3.63, 3.8) is 0 Å². The molecule has 7 nitrogen and oxygen atoms in total. The van der Waals surface area contributed by atoms with Gasteiger partial charge in [-0.15, -0.1) is 0 Å². The number of aromatic nitrogens is 2. The molecule has 0 radical (unpaired) electrons. The molecule has 1 amide bonds. The van der Waals surface area contributed by atoms with E-state index in [9.17, 15) is 4.79 Å². The lowest BCUT2D eigenvalue weighted by atomic mass is 10.2. The molecule has 0 atom stereocenters. The van der Waals surface area contributed by atoms with E-state index >= 15 is 0 Å². The predicted molar refractivity (Wildman–Crippen MR) is 91.9 cm³/mol. The number of rotatable bonds is 3. The van der Waals surface area contributed by atoms with E-state index in [-0.39, 0.29) is 12.7 Å². The number of anilines is 1. The summed E-state index contributed by atoms with van der Waals surface area (Å²) in [7, 11) is 0. The van der Waals surface area contributed by atoms with Gasteiger partial charge < -0.3 is 14.5 Å². The average Bonchev–Trinajstić information content (AvgIpc) is 2.66. The van der Waals surface area contributed by atoms with E-state index in [4.69, 9.17) is 10.00 Å². The van der Waals surface area contributed by atoms with Crippen LogP contribution in [0, 0.1) is 18.3 Å². The fourth-order valence-electron chi connectivity index (χ4n) is 2.65. The van der Waals surface area contributed by atoms with Gasteiger partial charge in [-0.1, -0.05) is 30.3 Å². The van der Waals surface area contributed by atoms with Crippen LogP contribution in [-0.4, -0.2) is 47.1 Å². The van der Waals surface area contributed by atoms with Crippen LogP contribution in [0.1, 0.15) is 17.0 Å². The summed E-state index contributed by atoms with van der Waals surface area (Å²) in [5.41, 5.74) is 2.07. The Morgan fingerprint density at radius 3 is 2.60 bits per heavy atom. The molecular weight excluding hydrogens is 318 g/mol. The van der Waals surface area contributed by atoms with Crippen molar-refractivity contribution in [1.82, 2.24) is 14.9 Å². The van der Waals surface area contributed by atoms with E-state index in [1.165, 1.54) is 0 Å². The third-order valence-corrected chi connectivity index (χ3v) is 3.98. The van der Waals surface area contributed by atoms with Crippen LogP contribution in [0.3, 0.4) is 0 Å². The zero-order valence-electron chi connectivity index (χ0n) is 14.1. The van der Waals surface area contributed by atoms with E-state index in [0.29, 0.717) is 37.8 Å². The fourth-order valence-corrected chi connectivity index (χ4v) is 2.65. The molecule has 3 rings (SSSR count). The maximum absolute atomic E-state index is 12.2. The Labute approximate surface area is 146 Å². The van der Waals surface area contributed by atoms with Gasteiger partial charge in [0.1, 0.15) is 18.4 Å². The number of hydrogen-bond acceptors (Lipinski definition) is 6. The molecule has 0 spiro atoms. The highest BCUT2D eigenvalue weighted by molar-refractivity contribution is 5.68. The molecule has 1 saturated heterocycles. The predicted octanol–water partition coefficient (Wildman–Crippen LogP) is 2.12. The highest BCUT2D eigenvalue weighted by Crippen LogP contribution is 2.14. The van der Waals surface area contributed by atoms with Crippen molar-refractivity contribution < 1.29 is 9.53 Å². The molecule has 0 unspecified atom stereocenters. The summed E-state index contributed by atoms with van der Waals surface area (Å²) in [4.78, 5) is 24.5. The van der Waals surface area contributed by atoms with Crippen LogP contribution < -0.4 is 4.90 Å². The fraction of sp³-hybridized carbons (Fsp3) is 0.333. The zero-order chi connectivity index (χ0) is 17.6. The summed E-state index contributed by atoms with van der Waals surface area (Å²) in [6.07, 6.45) is -0.314. The first-order chi connectivity index (χ1) is 12.2. The topological polar surface area (TPSA) is 82.4 Å². The number of nitrogens with zero attached hydrogens (tertiary/aromatic N) is 5. The van der Waals surface area contributed by atoms with E-state index in [1.54, 1.807) is 11.0 Å². The summed E-state index contributed by atoms with van der Waals surface area (Å²) in [5, 5.41) is 9.02. The van der Waals surface area contributed by atoms with Crippen molar-refractivity contribution in [3.05, 3.63) is 53.3 Å². The van der Waals surface area contributed by atoms with Crippen LogP contribution >= 0.6 is 0 Å².